The molecule has 2 N–H and O–H groups in total. The van der Waals surface area contributed by atoms with E-state index in [-0.39, 0.29) is 46.2 Å². The smallest absolute Gasteiger partial charge is 0.416 e. The van der Waals surface area contributed by atoms with Gasteiger partial charge in [-0.25, -0.2) is 4.98 Å². The predicted octanol–water partition coefficient (Wildman–Crippen LogP) is 5.30. The Bertz CT molecular complexity index is 1040. The minimum absolute atomic E-state index is 0.0194. The van der Waals surface area contributed by atoms with Gasteiger partial charge in [-0.1, -0.05) is 12.8 Å². The molecule has 0 bridgehead atoms. The second-order valence-electron chi connectivity index (χ2n) is 8.69. The van der Waals surface area contributed by atoms with Gasteiger partial charge in [0, 0.05) is 31.7 Å². The number of hydrogen-bond acceptors (Lipinski definition) is 7. The largest absolute Gasteiger partial charge is 0.494 e. The van der Waals surface area contributed by atoms with Crippen LogP contribution in [0.15, 0.2) is 24.3 Å². The van der Waals surface area contributed by atoms with E-state index in [0.717, 1.165) is 37.8 Å². The first-order chi connectivity index (χ1) is 16.0. The summed E-state index contributed by atoms with van der Waals surface area (Å²) >= 11 is 0. The Morgan fingerprint density at radius 2 is 1.91 bits per heavy atom. The number of nitrogens with two attached hydrogens (primary N) is 1. The zero-order valence-corrected chi connectivity index (χ0v) is 19.4. The van der Waals surface area contributed by atoms with E-state index in [1.807, 2.05) is 0 Å². The van der Waals surface area contributed by atoms with Crippen molar-refractivity contribution < 1.29 is 27.6 Å². The molecule has 1 saturated carbocycles. The zero-order valence-electron chi connectivity index (χ0n) is 19.4. The summed E-state index contributed by atoms with van der Waals surface area (Å²) in [6.45, 7) is 2.81. The maximum Gasteiger partial charge on any atom is 0.416 e. The van der Waals surface area contributed by atoms with Gasteiger partial charge >= 0.3 is 11.9 Å². The van der Waals surface area contributed by atoms with Crippen LogP contribution in [0.4, 0.5) is 30.4 Å². The van der Waals surface area contributed by atoms with Crippen molar-refractivity contribution in [3.63, 3.8) is 0 Å². The van der Waals surface area contributed by atoms with Gasteiger partial charge in [-0.05, 0) is 44.0 Å². The van der Waals surface area contributed by atoms with Crippen LogP contribution in [0.3, 0.4) is 0 Å². The number of aromatic nitrogens is 1. The molecule has 1 aliphatic carbocycles. The number of hydrogen-bond donors (Lipinski definition) is 1. The number of benzene rings is 1. The number of rotatable bonds is 9. The molecule has 1 aromatic heterocycles. The number of nitrogen functional groups attached to an aromatic ring is 1. The number of anilines is 2. The van der Waals surface area contributed by atoms with Crippen LogP contribution in [0.1, 0.15) is 38.2 Å². The predicted molar refractivity (Wildman–Crippen MR) is 123 cm³/mol. The van der Waals surface area contributed by atoms with E-state index in [1.54, 1.807) is 26.0 Å². The average Bonchev–Trinajstić information content (AvgIpc) is 3.20. The van der Waals surface area contributed by atoms with Crippen LogP contribution < -0.4 is 15.4 Å². The molecule has 3 rings (SSSR count). The third kappa shape index (κ3) is 5.52. The first kappa shape index (κ1) is 25.5. The van der Waals surface area contributed by atoms with Gasteiger partial charge in [-0.2, -0.15) is 13.2 Å². The van der Waals surface area contributed by atoms with Gasteiger partial charge < -0.3 is 20.1 Å². The molecule has 0 aliphatic heterocycles. The van der Waals surface area contributed by atoms with Gasteiger partial charge in [-0.15, -0.1) is 0 Å². The molecule has 0 amide bonds. The van der Waals surface area contributed by atoms with Gasteiger partial charge in [-0.3, -0.25) is 10.1 Å². The molecule has 11 heteroatoms. The van der Waals surface area contributed by atoms with E-state index >= 15 is 0 Å². The normalized spacial score (nSPS) is 15.4. The molecule has 2 aromatic rings. The summed E-state index contributed by atoms with van der Waals surface area (Å²) in [7, 11) is 3.33. The molecular formula is C23H29F3N4O4. The first-order valence-electron chi connectivity index (χ1n) is 11.0. The highest BCUT2D eigenvalue weighted by molar-refractivity contribution is 5.79. The zero-order chi connectivity index (χ0) is 25.1. The van der Waals surface area contributed by atoms with Crippen LogP contribution in [0.5, 0.6) is 5.75 Å². The molecule has 34 heavy (non-hydrogen) atoms. The van der Waals surface area contributed by atoms with Crippen molar-refractivity contribution >= 4 is 17.2 Å². The minimum atomic E-state index is -4.61. The summed E-state index contributed by atoms with van der Waals surface area (Å²) in [5.41, 5.74) is 4.87. The number of ether oxygens (including phenoxy) is 2. The lowest BCUT2D eigenvalue weighted by Crippen LogP contribution is -2.37. The number of nitrogens with zero attached hydrogens (tertiary/aromatic N) is 3. The Hall–Kier alpha value is -3.08. The second-order valence-corrected chi connectivity index (χ2v) is 8.69. The number of nitro groups is 1. The van der Waals surface area contributed by atoms with Crippen molar-refractivity contribution in [1.29, 1.82) is 0 Å². The second kappa shape index (κ2) is 10.0. The number of methoxy groups -OCH3 is 1. The molecule has 1 aliphatic rings. The fraction of sp³-hybridized carbons (Fsp3) is 0.522. The van der Waals surface area contributed by atoms with E-state index in [4.69, 9.17) is 15.2 Å². The van der Waals surface area contributed by atoms with Crippen molar-refractivity contribution in [2.45, 2.75) is 38.8 Å². The van der Waals surface area contributed by atoms with Gasteiger partial charge in [0.25, 0.3) is 0 Å². The molecule has 0 radical (unpaired) electrons. The summed E-state index contributed by atoms with van der Waals surface area (Å²) in [6.07, 6.45) is -0.709. The van der Waals surface area contributed by atoms with Crippen LogP contribution in [-0.4, -0.2) is 43.8 Å². The van der Waals surface area contributed by atoms with E-state index in [2.05, 4.69) is 4.98 Å². The SMILES string of the molecule is CCOc1cc(-c2cc(N(C)CC3(COC)CCCC3)c([N+](=O)[O-])c(N)n2)cc(C(F)(F)F)c1. The molecule has 186 valence electrons. The minimum Gasteiger partial charge on any atom is -0.494 e. The van der Waals surface area contributed by atoms with Crippen molar-refractivity contribution in [2.75, 3.05) is 44.5 Å². The Balaban J connectivity index is 2.11. The summed E-state index contributed by atoms with van der Waals surface area (Å²) in [5, 5.41) is 11.8. The van der Waals surface area contributed by atoms with E-state index in [9.17, 15) is 23.3 Å². The summed E-state index contributed by atoms with van der Waals surface area (Å²) < 4.78 is 51.2. The Morgan fingerprint density at radius 1 is 1.24 bits per heavy atom. The summed E-state index contributed by atoms with van der Waals surface area (Å²) in [4.78, 5) is 17.0. The van der Waals surface area contributed by atoms with Gasteiger partial charge in [0.15, 0.2) is 0 Å². The Morgan fingerprint density at radius 3 is 2.47 bits per heavy atom. The Kier molecular flexibility index (Phi) is 7.54. The Labute approximate surface area is 196 Å². The molecule has 0 atom stereocenters. The molecule has 1 aromatic carbocycles. The summed E-state index contributed by atoms with van der Waals surface area (Å²) in [6, 6.07) is 4.67. The quantitative estimate of drug-likeness (QED) is 0.382. The fourth-order valence-corrected chi connectivity index (χ4v) is 4.70. The summed E-state index contributed by atoms with van der Waals surface area (Å²) in [5.74, 6) is -0.349. The van der Waals surface area contributed by atoms with Crippen molar-refractivity contribution in [2.24, 2.45) is 5.41 Å². The monoisotopic (exact) mass is 482 g/mol. The third-order valence-corrected chi connectivity index (χ3v) is 6.12. The topological polar surface area (TPSA) is 104 Å². The molecule has 1 fully saturated rings. The highest BCUT2D eigenvalue weighted by Gasteiger charge is 2.37. The highest BCUT2D eigenvalue weighted by atomic mass is 19.4. The maximum atomic E-state index is 13.5. The molecule has 0 unspecified atom stereocenters. The van der Waals surface area contributed by atoms with E-state index in [1.165, 1.54) is 12.1 Å². The van der Waals surface area contributed by atoms with Gasteiger partial charge in [0.2, 0.25) is 5.82 Å². The molecule has 0 spiro atoms. The molecule has 0 saturated heterocycles. The van der Waals surface area contributed by atoms with E-state index < -0.39 is 16.7 Å². The lowest BCUT2D eigenvalue weighted by molar-refractivity contribution is -0.383. The maximum absolute atomic E-state index is 13.5. The van der Waals surface area contributed by atoms with Crippen LogP contribution in [0.25, 0.3) is 11.3 Å². The van der Waals surface area contributed by atoms with Gasteiger partial charge in [0.1, 0.15) is 11.4 Å². The van der Waals surface area contributed by atoms with Crippen LogP contribution in [0, 0.1) is 15.5 Å². The standard InChI is InChI=1S/C23H29F3N4O4/c1-4-34-17-10-15(9-16(11-17)23(24,25)26)18-12-19(20(30(31)32)21(27)28-18)29(2)13-22(14-33-3)7-5-6-8-22/h9-12H,4-8,13-14H2,1-3H3,(H2,27,28). The van der Waals surface area contributed by atoms with Crippen LogP contribution in [-0.2, 0) is 10.9 Å². The molecule has 8 nitrogen and oxygen atoms in total. The van der Waals surface area contributed by atoms with Crippen LogP contribution >= 0.6 is 0 Å². The van der Waals surface area contributed by atoms with Crippen LogP contribution in [0.2, 0.25) is 0 Å². The highest BCUT2D eigenvalue weighted by Crippen LogP contribution is 2.43. The average molecular weight is 483 g/mol. The number of halogens is 3. The van der Waals surface area contributed by atoms with Gasteiger partial charge in [0.05, 0.1) is 29.4 Å². The number of alkyl halides is 3. The number of pyridine rings is 1. The lowest BCUT2D eigenvalue weighted by Gasteiger charge is -2.34. The molecule has 1 heterocycles. The van der Waals surface area contributed by atoms with E-state index in [0.29, 0.717) is 13.2 Å². The van der Waals surface area contributed by atoms with Crippen molar-refractivity contribution in [3.8, 4) is 17.0 Å². The fourth-order valence-electron chi connectivity index (χ4n) is 4.70. The van der Waals surface area contributed by atoms with Crippen molar-refractivity contribution in [1.82, 2.24) is 4.98 Å². The molecular weight excluding hydrogens is 453 g/mol. The first-order valence-corrected chi connectivity index (χ1v) is 11.0. The lowest BCUT2D eigenvalue weighted by atomic mass is 9.86. The third-order valence-electron chi connectivity index (χ3n) is 6.12. The van der Waals surface area contributed by atoms with Crippen molar-refractivity contribution in [3.05, 3.63) is 39.9 Å².